The first-order valence-corrected chi connectivity index (χ1v) is 5.82. The number of carbonyl (C=O) groups is 1. The van der Waals surface area contributed by atoms with Crippen LogP contribution in [0.5, 0.6) is 0 Å². The highest BCUT2D eigenvalue weighted by Gasteiger charge is 2.08. The molecule has 0 atom stereocenters. The van der Waals surface area contributed by atoms with E-state index in [0.29, 0.717) is 11.3 Å². The second kappa shape index (κ2) is 5.41. The van der Waals surface area contributed by atoms with Gasteiger partial charge in [0.2, 0.25) is 0 Å². The molecule has 0 aromatic heterocycles. The molecule has 5 heteroatoms. The van der Waals surface area contributed by atoms with Crippen LogP contribution in [-0.2, 0) is 0 Å². The van der Waals surface area contributed by atoms with E-state index in [1.165, 1.54) is 18.2 Å². The van der Waals surface area contributed by atoms with Gasteiger partial charge in [0.1, 0.15) is 5.82 Å². The summed E-state index contributed by atoms with van der Waals surface area (Å²) in [6.07, 6.45) is 0. The SMILES string of the molecule is Cc1cc(Nc2ccc(C#N)cc2F)ccc1C(=O)O. The summed E-state index contributed by atoms with van der Waals surface area (Å²) in [5, 5.41) is 20.5. The molecule has 0 saturated carbocycles. The summed E-state index contributed by atoms with van der Waals surface area (Å²) in [6.45, 7) is 1.67. The Morgan fingerprint density at radius 3 is 2.60 bits per heavy atom. The van der Waals surface area contributed by atoms with Gasteiger partial charge in [0.25, 0.3) is 0 Å². The summed E-state index contributed by atoms with van der Waals surface area (Å²) in [4.78, 5) is 10.9. The first kappa shape index (κ1) is 13.6. The molecule has 0 aliphatic rings. The maximum atomic E-state index is 13.7. The third kappa shape index (κ3) is 2.75. The highest BCUT2D eigenvalue weighted by molar-refractivity contribution is 5.90. The average Bonchev–Trinajstić information content (AvgIpc) is 2.40. The summed E-state index contributed by atoms with van der Waals surface area (Å²) in [7, 11) is 0. The molecule has 0 radical (unpaired) electrons. The Hall–Kier alpha value is -2.87. The second-order valence-corrected chi connectivity index (χ2v) is 4.27. The van der Waals surface area contributed by atoms with Crippen LogP contribution in [0.25, 0.3) is 0 Å². The van der Waals surface area contributed by atoms with E-state index in [2.05, 4.69) is 5.32 Å². The molecule has 0 amide bonds. The van der Waals surface area contributed by atoms with Crippen LogP contribution in [0.2, 0.25) is 0 Å². The number of aryl methyl sites for hydroxylation is 1. The monoisotopic (exact) mass is 270 g/mol. The van der Waals surface area contributed by atoms with Gasteiger partial charge in [-0.05, 0) is 48.9 Å². The summed E-state index contributed by atoms with van der Waals surface area (Å²) < 4.78 is 13.7. The van der Waals surface area contributed by atoms with Crippen LogP contribution >= 0.6 is 0 Å². The van der Waals surface area contributed by atoms with Crippen molar-refractivity contribution in [3.05, 3.63) is 58.9 Å². The van der Waals surface area contributed by atoms with Gasteiger partial charge in [-0.2, -0.15) is 5.26 Å². The number of aromatic carboxylic acids is 1. The number of hydrogen-bond acceptors (Lipinski definition) is 3. The van der Waals surface area contributed by atoms with Crippen molar-refractivity contribution < 1.29 is 14.3 Å². The number of carboxylic acids is 1. The third-order valence-electron chi connectivity index (χ3n) is 2.83. The van der Waals surface area contributed by atoms with E-state index in [1.54, 1.807) is 19.1 Å². The van der Waals surface area contributed by atoms with E-state index in [-0.39, 0.29) is 16.8 Å². The van der Waals surface area contributed by atoms with Gasteiger partial charge < -0.3 is 10.4 Å². The molecular weight excluding hydrogens is 259 g/mol. The lowest BCUT2D eigenvalue weighted by atomic mass is 10.1. The summed E-state index contributed by atoms with van der Waals surface area (Å²) >= 11 is 0. The highest BCUT2D eigenvalue weighted by Crippen LogP contribution is 2.23. The fraction of sp³-hybridized carbons (Fsp3) is 0.0667. The second-order valence-electron chi connectivity index (χ2n) is 4.27. The summed E-state index contributed by atoms with van der Waals surface area (Å²) in [5.74, 6) is -1.54. The Morgan fingerprint density at radius 2 is 2.05 bits per heavy atom. The Labute approximate surface area is 115 Å². The Morgan fingerprint density at radius 1 is 1.30 bits per heavy atom. The Kier molecular flexibility index (Phi) is 3.67. The van der Waals surface area contributed by atoms with Gasteiger partial charge in [0.15, 0.2) is 0 Å². The van der Waals surface area contributed by atoms with Crippen molar-refractivity contribution >= 4 is 17.3 Å². The van der Waals surface area contributed by atoms with Crippen molar-refractivity contribution in [3.8, 4) is 6.07 Å². The first-order valence-electron chi connectivity index (χ1n) is 5.82. The number of nitrogens with one attached hydrogen (secondary N) is 1. The maximum absolute atomic E-state index is 13.7. The smallest absolute Gasteiger partial charge is 0.335 e. The van der Waals surface area contributed by atoms with E-state index in [1.807, 2.05) is 6.07 Å². The molecule has 0 spiro atoms. The number of halogens is 1. The van der Waals surface area contributed by atoms with Gasteiger partial charge in [-0.15, -0.1) is 0 Å². The summed E-state index contributed by atoms with van der Waals surface area (Å²) in [5.41, 5.74) is 1.83. The van der Waals surface area contributed by atoms with Gasteiger partial charge in [-0.1, -0.05) is 0 Å². The molecule has 0 aliphatic carbocycles. The number of nitriles is 1. The molecule has 0 bridgehead atoms. The maximum Gasteiger partial charge on any atom is 0.335 e. The number of benzene rings is 2. The molecule has 20 heavy (non-hydrogen) atoms. The molecule has 2 N–H and O–H groups in total. The molecule has 0 fully saturated rings. The van der Waals surface area contributed by atoms with Gasteiger partial charge in [-0.3, -0.25) is 0 Å². The highest BCUT2D eigenvalue weighted by atomic mass is 19.1. The zero-order valence-electron chi connectivity index (χ0n) is 10.6. The van der Waals surface area contributed by atoms with Crippen LogP contribution in [0.1, 0.15) is 21.5 Å². The molecule has 2 rings (SSSR count). The van der Waals surface area contributed by atoms with E-state index in [9.17, 15) is 9.18 Å². The number of hydrogen-bond donors (Lipinski definition) is 2. The van der Waals surface area contributed by atoms with Gasteiger partial charge in [0.05, 0.1) is 22.9 Å². The minimum atomic E-state index is -1.00. The van der Waals surface area contributed by atoms with E-state index >= 15 is 0 Å². The molecule has 0 heterocycles. The zero-order chi connectivity index (χ0) is 14.7. The van der Waals surface area contributed by atoms with E-state index in [0.717, 1.165) is 6.07 Å². The fourth-order valence-electron chi connectivity index (χ4n) is 1.82. The molecule has 2 aromatic carbocycles. The lowest BCUT2D eigenvalue weighted by Gasteiger charge is -2.09. The molecule has 2 aromatic rings. The zero-order valence-corrected chi connectivity index (χ0v) is 10.6. The van der Waals surface area contributed by atoms with E-state index < -0.39 is 11.8 Å². The van der Waals surface area contributed by atoms with Gasteiger partial charge in [0, 0.05) is 5.69 Å². The number of nitrogens with zero attached hydrogens (tertiary/aromatic N) is 1. The molecular formula is C15H11FN2O2. The van der Waals surface area contributed by atoms with Crippen LogP contribution in [0, 0.1) is 24.1 Å². The molecule has 0 aliphatic heterocycles. The third-order valence-corrected chi connectivity index (χ3v) is 2.83. The van der Waals surface area contributed by atoms with Crippen LogP contribution in [0.15, 0.2) is 36.4 Å². The normalized spacial score (nSPS) is 9.85. The predicted octanol–water partition coefficient (Wildman–Crippen LogP) is 3.45. The first-order chi connectivity index (χ1) is 9.51. The standard InChI is InChI=1S/C15H11FN2O2/c1-9-6-11(3-4-12(9)15(19)20)18-14-5-2-10(8-17)7-13(14)16/h2-7,18H,1H3,(H,19,20). The fourth-order valence-corrected chi connectivity index (χ4v) is 1.82. The minimum Gasteiger partial charge on any atom is -0.478 e. The molecule has 0 saturated heterocycles. The summed E-state index contributed by atoms with van der Waals surface area (Å²) in [6, 6.07) is 10.6. The van der Waals surface area contributed by atoms with Crippen LogP contribution in [0.4, 0.5) is 15.8 Å². The average molecular weight is 270 g/mol. The van der Waals surface area contributed by atoms with Crippen molar-refractivity contribution in [2.75, 3.05) is 5.32 Å². The lowest BCUT2D eigenvalue weighted by molar-refractivity contribution is 0.0696. The van der Waals surface area contributed by atoms with Crippen molar-refractivity contribution in [3.63, 3.8) is 0 Å². The number of rotatable bonds is 3. The quantitative estimate of drug-likeness (QED) is 0.895. The van der Waals surface area contributed by atoms with Crippen LogP contribution in [0.3, 0.4) is 0 Å². The van der Waals surface area contributed by atoms with Gasteiger partial charge in [-0.25, -0.2) is 9.18 Å². The number of anilines is 2. The topological polar surface area (TPSA) is 73.1 Å². The molecule has 4 nitrogen and oxygen atoms in total. The van der Waals surface area contributed by atoms with Crippen molar-refractivity contribution in [1.29, 1.82) is 5.26 Å². The Bertz CT molecular complexity index is 720. The van der Waals surface area contributed by atoms with Crippen LogP contribution < -0.4 is 5.32 Å². The Balaban J connectivity index is 2.29. The lowest BCUT2D eigenvalue weighted by Crippen LogP contribution is -2.01. The number of carboxylic acid groups (broad SMARTS) is 1. The van der Waals surface area contributed by atoms with Crippen LogP contribution in [-0.4, -0.2) is 11.1 Å². The van der Waals surface area contributed by atoms with Crippen molar-refractivity contribution in [2.45, 2.75) is 6.92 Å². The minimum absolute atomic E-state index is 0.204. The van der Waals surface area contributed by atoms with E-state index in [4.69, 9.17) is 10.4 Å². The largest absolute Gasteiger partial charge is 0.478 e. The van der Waals surface area contributed by atoms with Gasteiger partial charge >= 0.3 is 5.97 Å². The molecule has 0 unspecified atom stereocenters. The van der Waals surface area contributed by atoms with Crippen molar-refractivity contribution in [2.24, 2.45) is 0 Å². The molecule has 100 valence electrons. The van der Waals surface area contributed by atoms with Crippen molar-refractivity contribution in [1.82, 2.24) is 0 Å². The predicted molar refractivity (Wildman–Crippen MR) is 72.5 cm³/mol.